The van der Waals surface area contributed by atoms with Crippen molar-refractivity contribution in [2.24, 2.45) is 5.73 Å². The smallest absolute Gasteiger partial charge is 0.0458 e. The third kappa shape index (κ3) is 4.60. The molecule has 3 rings (SSSR count). The molecule has 0 unspecified atom stereocenters. The van der Waals surface area contributed by atoms with Gasteiger partial charge in [-0.15, -0.1) is 0 Å². The molecule has 0 amide bonds. The quantitative estimate of drug-likeness (QED) is 0.762. The van der Waals surface area contributed by atoms with Gasteiger partial charge in [0.05, 0.1) is 0 Å². The summed E-state index contributed by atoms with van der Waals surface area (Å²) >= 11 is 6.14. The molecule has 0 atom stereocenters. The Morgan fingerprint density at radius 1 is 0.958 bits per heavy atom. The molecule has 2 N–H and O–H groups in total. The van der Waals surface area contributed by atoms with Gasteiger partial charge in [-0.25, -0.2) is 0 Å². The van der Waals surface area contributed by atoms with E-state index in [4.69, 9.17) is 17.3 Å². The van der Waals surface area contributed by atoms with Crippen molar-refractivity contribution in [1.82, 2.24) is 4.90 Å². The lowest BCUT2D eigenvalue weighted by atomic mass is 9.81. The number of rotatable bonds is 6. The molecule has 2 aromatic rings. The summed E-state index contributed by atoms with van der Waals surface area (Å²) in [4.78, 5) is 2.46. The first-order valence-corrected chi connectivity index (χ1v) is 9.37. The number of nitrogens with zero attached hydrogens (tertiary/aromatic N) is 1. The molecule has 0 bridgehead atoms. The molecule has 0 radical (unpaired) electrons. The fraction of sp³-hybridized carbons (Fsp3) is 0.429. The second kappa shape index (κ2) is 8.66. The van der Waals surface area contributed by atoms with Crippen LogP contribution in [0.2, 0.25) is 5.02 Å². The molecular formula is C21H27ClN2. The van der Waals surface area contributed by atoms with Crippen LogP contribution in [0.25, 0.3) is 0 Å². The maximum absolute atomic E-state index is 6.14. The highest BCUT2D eigenvalue weighted by molar-refractivity contribution is 6.30. The summed E-state index contributed by atoms with van der Waals surface area (Å²) in [6.45, 7) is 1.70. The van der Waals surface area contributed by atoms with Crippen LogP contribution in [-0.2, 0) is 6.42 Å². The Bertz CT molecular complexity index is 621. The molecular weight excluding hydrogens is 316 g/mol. The molecule has 0 aliphatic heterocycles. The summed E-state index contributed by atoms with van der Waals surface area (Å²) < 4.78 is 0. The summed E-state index contributed by atoms with van der Waals surface area (Å²) in [5, 5.41) is 0.848. The van der Waals surface area contributed by atoms with Gasteiger partial charge in [-0.3, -0.25) is 4.90 Å². The van der Waals surface area contributed by atoms with Gasteiger partial charge in [0.1, 0.15) is 0 Å². The van der Waals surface area contributed by atoms with Crippen molar-refractivity contribution in [3.8, 4) is 0 Å². The fourth-order valence-corrected chi connectivity index (χ4v) is 4.07. The van der Waals surface area contributed by atoms with Crippen LogP contribution < -0.4 is 5.73 Å². The minimum absolute atomic E-state index is 0.620. The SMILES string of the molecule is NCN(CCc1ccccc1)C1CCC(c2cccc(Cl)c2)CC1. The number of hydrogen-bond acceptors (Lipinski definition) is 2. The van der Waals surface area contributed by atoms with Gasteiger partial charge in [-0.05, 0) is 61.3 Å². The third-order valence-electron chi connectivity index (χ3n) is 5.30. The predicted octanol–water partition coefficient (Wildman–Crippen LogP) is 4.83. The minimum Gasteiger partial charge on any atom is -0.318 e. The van der Waals surface area contributed by atoms with Crippen molar-refractivity contribution in [3.63, 3.8) is 0 Å². The van der Waals surface area contributed by atoms with Gasteiger partial charge in [0.2, 0.25) is 0 Å². The van der Waals surface area contributed by atoms with Crippen LogP contribution in [-0.4, -0.2) is 24.2 Å². The Morgan fingerprint density at radius 3 is 2.38 bits per heavy atom. The molecule has 128 valence electrons. The normalized spacial score (nSPS) is 21.1. The van der Waals surface area contributed by atoms with Crippen LogP contribution in [0, 0.1) is 0 Å². The zero-order valence-electron chi connectivity index (χ0n) is 14.2. The molecule has 1 aliphatic carbocycles. The number of benzene rings is 2. The monoisotopic (exact) mass is 342 g/mol. The van der Waals surface area contributed by atoms with Crippen molar-refractivity contribution in [1.29, 1.82) is 0 Å². The van der Waals surface area contributed by atoms with Gasteiger partial charge in [0.15, 0.2) is 0 Å². The Labute approximate surface area is 150 Å². The third-order valence-corrected chi connectivity index (χ3v) is 5.53. The Hall–Kier alpha value is -1.35. The summed E-state index contributed by atoms with van der Waals surface area (Å²) in [6, 6.07) is 19.7. The highest BCUT2D eigenvalue weighted by Gasteiger charge is 2.26. The van der Waals surface area contributed by atoms with E-state index < -0.39 is 0 Å². The fourth-order valence-electron chi connectivity index (χ4n) is 3.88. The topological polar surface area (TPSA) is 29.3 Å². The van der Waals surface area contributed by atoms with Gasteiger partial charge >= 0.3 is 0 Å². The first-order valence-electron chi connectivity index (χ1n) is 9.00. The molecule has 1 aliphatic rings. The van der Waals surface area contributed by atoms with Crippen LogP contribution in [0.4, 0.5) is 0 Å². The van der Waals surface area contributed by atoms with E-state index in [-0.39, 0.29) is 0 Å². The molecule has 0 heterocycles. The molecule has 0 aromatic heterocycles. The number of hydrogen-bond donors (Lipinski definition) is 1. The maximum Gasteiger partial charge on any atom is 0.0458 e. The van der Waals surface area contributed by atoms with E-state index in [2.05, 4.69) is 53.4 Å². The molecule has 1 saturated carbocycles. The molecule has 1 fully saturated rings. The van der Waals surface area contributed by atoms with Crippen molar-refractivity contribution >= 4 is 11.6 Å². The Kier molecular flexibility index (Phi) is 6.30. The van der Waals surface area contributed by atoms with Gasteiger partial charge in [-0.1, -0.05) is 54.1 Å². The lowest BCUT2D eigenvalue weighted by Gasteiger charge is -2.36. The van der Waals surface area contributed by atoms with Crippen molar-refractivity contribution < 1.29 is 0 Å². The molecule has 0 saturated heterocycles. The largest absolute Gasteiger partial charge is 0.318 e. The highest BCUT2D eigenvalue weighted by Crippen LogP contribution is 2.35. The highest BCUT2D eigenvalue weighted by atomic mass is 35.5. The first kappa shape index (κ1) is 17.5. The van der Waals surface area contributed by atoms with E-state index in [9.17, 15) is 0 Å². The lowest BCUT2D eigenvalue weighted by molar-refractivity contribution is 0.154. The molecule has 3 heteroatoms. The van der Waals surface area contributed by atoms with Crippen molar-refractivity contribution in [3.05, 3.63) is 70.7 Å². The van der Waals surface area contributed by atoms with Crippen LogP contribution in [0.3, 0.4) is 0 Å². The molecule has 2 aromatic carbocycles. The van der Waals surface area contributed by atoms with Crippen molar-refractivity contribution in [2.45, 2.75) is 44.1 Å². The second-order valence-electron chi connectivity index (χ2n) is 6.79. The number of halogens is 1. The first-order chi connectivity index (χ1) is 11.8. The molecule has 2 nitrogen and oxygen atoms in total. The maximum atomic E-state index is 6.14. The second-order valence-corrected chi connectivity index (χ2v) is 7.23. The van der Waals surface area contributed by atoms with E-state index in [0.717, 1.165) is 18.0 Å². The molecule has 0 spiro atoms. The summed E-state index contributed by atoms with van der Waals surface area (Å²) in [7, 11) is 0. The Morgan fingerprint density at radius 2 is 1.71 bits per heavy atom. The van der Waals surface area contributed by atoms with Crippen LogP contribution >= 0.6 is 11.6 Å². The summed E-state index contributed by atoms with van der Waals surface area (Å²) in [5.74, 6) is 0.647. The Balaban J connectivity index is 1.52. The van der Waals surface area contributed by atoms with E-state index in [1.165, 1.54) is 36.8 Å². The zero-order chi connectivity index (χ0) is 16.8. The lowest BCUT2D eigenvalue weighted by Crippen LogP contribution is -2.42. The van der Waals surface area contributed by atoms with Gasteiger partial charge in [0.25, 0.3) is 0 Å². The standard InChI is InChI=1S/C21H27ClN2/c22-20-8-4-7-19(15-20)18-9-11-21(12-10-18)24(16-23)14-13-17-5-2-1-3-6-17/h1-8,15,18,21H,9-14,16,23H2. The van der Waals surface area contributed by atoms with Crippen molar-refractivity contribution in [2.75, 3.05) is 13.2 Å². The van der Waals surface area contributed by atoms with Gasteiger partial charge < -0.3 is 5.73 Å². The van der Waals surface area contributed by atoms with E-state index in [1.54, 1.807) is 0 Å². The van der Waals surface area contributed by atoms with Gasteiger partial charge in [-0.2, -0.15) is 0 Å². The van der Waals surface area contributed by atoms with Crippen LogP contribution in [0.15, 0.2) is 54.6 Å². The summed E-state index contributed by atoms with van der Waals surface area (Å²) in [5.41, 5.74) is 8.83. The summed E-state index contributed by atoms with van der Waals surface area (Å²) in [6.07, 6.45) is 5.98. The molecule has 24 heavy (non-hydrogen) atoms. The average Bonchev–Trinajstić information content (AvgIpc) is 2.64. The zero-order valence-corrected chi connectivity index (χ0v) is 15.0. The number of nitrogens with two attached hydrogens (primary N) is 1. The minimum atomic E-state index is 0.620. The predicted molar refractivity (Wildman–Crippen MR) is 102 cm³/mol. The van der Waals surface area contributed by atoms with Crippen LogP contribution in [0.1, 0.15) is 42.7 Å². The van der Waals surface area contributed by atoms with E-state index >= 15 is 0 Å². The average molecular weight is 343 g/mol. The van der Waals surface area contributed by atoms with E-state index in [1.807, 2.05) is 6.07 Å². The van der Waals surface area contributed by atoms with Gasteiger partial charge in [0, 0.05) is 24.3 Å². The van der Waals surface area contributed by atoms with Crippen LogP contribution in [0.5, 0.6) is 0 Å². The van der Waals surface area contributed by atoms with E-state index in [0.29, 0.717) is 18.6 Å².